The van der Waals surface area contributed by atoms with Gasteiger partial charge in [0, 0.05) is 11.6 Å². The maximum absolute atomic E-state index is 12.4. The Morgan fingerprint density at radius 3 is 2.39 bits per heavy atom. The molecule has 146 valence electrons. The average molecular weight is 546 g/mol. The minimum Gasteiger partial charge on any atom is -0.487 e. The zero-order valence-corrected chi connectivity index (χ0v) is 19.6. The number of benzene rings is 2. The van der Waals surface area contributed by atoms with Crippen molar-refractivity contribution in [2.45, 2.75) is 20.0 Å². The lowest BCUT2D eigenvalue weighted by atomic mass is 10.2. The highest BCUT2D eigenvalue weighted by Gasteiger charge is 2.34. The van der Waals surface area contributed by atoms with Gasteiger partial charge >= 0.3 is 0 Å². The number of thioether (sulfide) groups is 1. The largest absolute Gasteiger partial charge is 0.487 e. The highest BCUT2D eigenvalue weighted by atomic mass is 79.9. The fourth-order valence-corrected chi connectivity index (χ4v) is 5.05. The van der Waals surface area contributed by atoms with Gasteiger partial charge in [-0.15, -0.1) is 0 Å². The summed E-state index contributed by atoms with van der Waals surface area (Å²) in [5.74, 6) is 0.415. The van der Waals surface area contributed by atoms with Crippen LogP contribution in [-0.2, 0) is 11.4 Å². The van der Waals surface area contributed by atoms with Crippen LogP contribution >= 0.6 is 55.2 Å². The summed E-state index contributed by atoms with van der Waals surface area (Å²) in [5, 5.41) is 0.456. The maximum atomic E-state index is 12.4. The van der Waals surface area contributed by atoms with E-state index in [4.69, 9.17) is 16.3 Å². The van der Waals surface area contributed by atoms with E-state index in [1.165, 1.54) is 4.90 Å². The van der Waals surface area contributed by atoms with Gasteiger partial charge in [-0.3, -0.25) is 14.5 Å². The number of ether oxygens (including phenoxy) is 1. The molecular weight excluding hydrogens is 530 g/mol. The van der Waals surface area contributed by atoms with E-state index in [0.29, 0.717) is 28.8 Å². The Morgan fingerprint density at radius 2 is 1.79 bits per heavy atom. The van der Waals surface area contributed by atoms with Crippen LogP contribution in [-0.4, -0.2) is 22.6 Å². The SMILES string of the molecule is CCCN1C(=O)S/C(=C/c2cc(Br)c(OCc3ccc(Cl)cc3)c(Br)c2)C1=O. The number of imide groups is 1. The molecule has 0 atom stereocenters. The van der Waals surface area contributed by atoms with Crippen LogP contribution in [0.15, 0.2) is 50.2 Å². The molecule has 2 aromatic carbocycles. The highest BCUT2D eigenvalue weighted by molar-refractivity contribution is 9.11. The normalized spacial score (nSPS) is 15.6. The van der Waals surface area contributed by atoms with Gasteiger partial charge in [-0.2, -0.15) is 0 Å². The van der Waals surface area contributed by atoms with Crippen molar-refractivity contribution in [1.82, 2.24) is 4.90 Å². The van der Waals surface area contributed by atoms with Crippen molar-refractivity contribution in [3.05, 3.63) is 66.4 Å². The molecule has 0 unspecified atom stereocenters. The first-order valence-corrected chi connectivity index (χ1v) is 11.3. The second-order valence-corrected chi connectivity index (χ2v) is 9.20. The van der Waals surface area contributed by atoms with Gasteiger partial charge in [0.2, 0.25) is 0 Å². The predicted molar refractivity (Wildman–Crippen MR) is 121 cm³/mol. The molecule has 2 aromatic rings. The van der Waals surface area contributed by atoms with E-state index in [-0.39, 0.29) is 11.1 Å². The van der Waals surface area contributed by atoms with Crippen LogP contribution in [0.2, 0.25) is 5.02 Å². The Labute approximate surface area is 189 Å². The minimum atomic E-state index is -0.243. The van der Waals surface area contributed by atoms with Crippen molar-refractivity contribution in [2.75, 3.05) is 6.54 Å². The second kappa shape index (κ2) is 9.48. The van der Waals surface area contributed by atoms with E-state index >= 15 is 0 Å². The predicted octanol–water partition coefficient (Wildman–Crippen LogP) is 6.89. The summed E-state index contributed by atoms with van der Waals surface area (Å²) in [4.78, 5) is 26.1. The summed E-state index contributed by atoms with van der Waals surface area (Å²) < 4.78 is 7.40. The van der Waals surface area contributed by atoms with Gasteiger partial charge < -0.3 is 4.74 Å². The number of nitrogens with zero attached hydrogens (tertiary/aromatic N) is 1. The number of carbonyl (C=O) groups excluding carboxylic acids is 2. The summed E-state index contributed by atoms with van der Waals surface area (Å²) in [6.45, 7) is 2.76. The lowest BCUT2D eigenvalue weighted by Gasteiger charge is -2.12. The Kier molecular flexibility index (Phi) is 7.25. The number of carbonyl (C=O) groups is 2. The molecule has 0 saturated carbocycles. The van der Waals surface area contributed by atoms with Crippen molar-refractivity contribution in [1.29, 1.82) is 0 Å². The van der Waals surface area contributed by atoms with Crippen LogP contribution in [0.4, 0.5) is 4.79 Å². The molecule has 1 aliphatic rings. The lowest BCUT2D eigenvalue weighted by molar-refractivity contribution is -0.122. The zero-order valence-electron chi connectivity index (χ0n) is 14.9. The van der Waals surface area contributed by atoms with Gasteiger partial charge in [0.1, 0.15) is 12.4 Å². The fourth-order valence-electron chi connectivity index (χ4n) is 2.60. The molecular formula is C20H16Br2ClNO3S. The smallest absolute Gasteiger partial charge is 0.293 e. The molecule has 1 aliphatic heterocycles. The third-order valence-electron chi connectivity index (χ3n) is 3.94. The molecule has 28 heavy (non-hydrogen) atoms. The van der Waals surface area contributed by atoms with Gasteiger partial charge in [0.15, 0.2) is 0 Å². The van der Waals surface area contributed by atoms with Crippen LogP contribution in [0.25, 0.3) is 6.08 Å². The number of amides is 2. The lowest BCUT2D eigenvalue weighted by Crippen LogP contribution is -2.28. The molecule has 1 saturated heterocycles. The first-order valence-electron chi connectivity index (χ1n) is 8.50. The first kappa shape index (κ1) is 21.4. The Bertz CT molecular complexity index is 924. The molecule has 0 bridgehead atoms. The third kappa shape index (κ3) is 5.00. The van der Waals surface area contributed by atoms with Crippen LogP contribution in [0.3, 0.4) is 0 Å². The fraction of sp³-hybridized carbons (Fsp3) is 0.200. The van der Waals surface area contributed by atoms with Crippen molar-refractivity contribution in [3.8, 4) is 5.75 Å². The zero-order chi connectivity index (χ0) is 20.3. The van der Waals surface area contributed by atoms with E-state index in [1.807, 2.05) is 43.3 Å². The van der Waals surface area contributed by atoms with E-state index in [9.17, 15) is 9.59 Å². The Morgan fingerprint density at radius 1 is 1.14 bits per heavy atom. The van der Waals surface area contributed by atoms with Crippen LogP contribution in [0.1, 0.15) is 24.5 Å². The second-order valence-electron chi connectivity index (χ2n) is 6.06. The molecule has 2 amide bonds. The summed E-state index contributed by atoms with van der Waals surface area (Å²) >= 11 is 13.9. The van der Waals surface area contributed by atoms with E-state index in [1.54, 1.807) is 6.08 Å². The van der Waals surface area contributed by atoms with Gasteiger partial charge in [-0.05, 0) is 91.5 Å². The van der Waals surface area contributed by atoms with Crippen LogP contribution in [0, 0.1) is 0 Å². The quantitative estimate of drug-likeness (QED) is 0.371. The molecule has 3 rings (SSSR count). The summed E-state index contributed by atoms with van der Waals surface area (Å²) in [6.07, 6.45) is 2.46. The van der Waals surface area contributed by atoms with Crippen molar-refractivity contribution in [2.24, 2.45) is 0 Å². The van der Waals surface area contributed by atoms with Gasteiger partial charge in [0.25, 0.3) is 11.1 Å². The number of hydrogen-bond acceptors (Lipinski definition) is 4. The summed E-state index contributed by atoms with van der Waals surface area (Å²) in [6, 6.07) is 11.2. The summed E-state index contributed by atoms with van der Waals surface area (Å²) in [5.41, 5.74) is 1.79. The average Bonchev–Trinajstić information content (AvgIpc) is 2.90. The standard InChI is InChI=1S/C20H16Br2ClNO3S/c1-2-7-24-19(25)17(28-20(24)26)10-13-8-15(21)18(16(22)9-13)27-11-12-3-5-14(23)6-4-12/h3-6,8-10H,2,7,11H2,1H3/b17-10+. The van der Waals surface area contributed by atoms with Crippen LogP contribution < -0.4 is 4.74 Å². The van der Waals surface area contributed by atoms with Gasteiger partial charge in [-0.25, -0.2) is 0 Å². The number of halogens is 3. The van der Waals surface area contributed by atoms with E-state index in [0.717, 1.165) is 38.3 Å². The van der Waals surface area contributed by atoms with Crippen molar-refractivity contribution in [3.63, 3.8) is 0 Å². The Hall–Kier alpha value is -1.28. The van der Waals surface area contributed by atoms with E-state index in [2.05, 4.69) is 31.9 Å². The van der Waals surface area contributed by atoms with Gasteiger partial charge in [-0.1, -0.05) is 30.7 Å². The molecule has 1 heterocycles. The first-order chi connectivity index (χ1) is 13.4. The summed E-state index contributed by atoms with van der Waals surface area (Å²) in [7, 11) is 0. The van der Waals surface area contributed by atoms with Crippen molar-refractivity contribution < 1.29 is 14.3 Å². The number of rotatable bonds is 6. The van der Waals surface area contributed by atoms with E-state index < -0.39 is 0 Å². The molecule has 8 heteroatoms. The topological polar surface area (TPSA) is 46.6 Å². The molecule has 4 nitrogen and oxygen atoms in total. The monoisotopic (exact) mass is 543 g/mol. The molecule has 0 aromatic heterocycles. The Balaban J connectivity index is 1.77. The van der Waals surface area contributed by atoms with Crippen LogP contribution in [0.5, 0.6) is 5.75 Å². The van der Waals surface area contributed by atoms with Crippen molar-refractivity contribution >= 4 is 72.4 Å². The highest BCUT2D eigenvalue weighted by Crippen LogP contribution is 2.38. The molecule has 0 spiro atoms. The molecule has 0 aliphatic carbocycles. The maximum Gasteiger partial charge on any atom is 0.293 e. The molecule has 0 N–H and O–H groups in total. The number of hydrogen-bond donors (Lipinski definition) is 0. The van der Waals surface area contributed by atoms with Gasteiger partial charge in [0.05, 0.1) is 13.9 Å². The molecule has 1 fully saturated rings. The third-order valence-corrected chi connectivity index (χ3v) is 6.27. The minimum absolute atomic E-state index is 0.223. The molecule has 0 radical (unpaired) electrons.